The lowest BCUT2D eigenvalue weighted by Crippen LogP contribution is -2.28. The summed E-state index contributed by atoms with van der Waals surface area (Å²) >= 11 is 13.2. The highest BCUT2D eigenvalue weighted by atomic mass is 35.5. The minimum Gasteiger partial charge on any atom is -0.375 e. The molecule has 0 radical (unpaired) electrons. The number of benzene rings is 1. The Morgan fingerprint density at radius 3 is 2.90 bits per heavy atom. The van der Waals surface area contributed by atoms with Gasteiger partial charge in [-0.3, -0.25) is 4.79 Å². The van der Waals surface area contributed by atoms with Crippen LogP contribution in [0.2, 0.25) is 10.0 Å². The van der Waals surface area contributed by atoms with E-state index in [0.717, 1.165) is 10.5 Å². The van der Waals surface area contributed by atoms with Crippen LogP contribution in [0.5, 0.6) is 0 Å². The molecule has 0 heterocycles. The van der Waals surface area contributed by atoms with E-state index in [9.17, 15) is 4.79 Å². The molecule has 1 aromatic carbocycles. The summed E-state index contributed by atoms with van der Waals surface area (Å²) in [6, 6.07) is 5.18. The van der Waals surface area contributed by atoms with E-state index in [1.807, 2.05) is 6.92 Å². The molecule has 0 aromatic heterocycles. The van der Waals surface area contributed by atoms with Crippen molar-refractivity contribution in [2.75, 3.05) is 25.5 Å². The van der Waals surface area contributed by atoms with Crippen molar-refractivity contribution in [1.82, 2.24) is 5.32 Å². The number of rotatable bonds is 8. The molecular weight excluding hydrogens is 317 g/mol. The summed E-state index contributed by atoms with van der Waals surface area (Å²) in [6.45, 7) is 7.09. The quantitative estimate of drug-likeness (QED) is 0.446. The van der Waals surface area contributed by atoms with Gasteiger partial charge in [0, 0.05) is 16.5 Å². The molecule has 0 bridgehead atoms. The highest BCUT2D eigenvalue weighted by molar-refractivity contribution is 8.00. The van der Waals surface area contributed by atoms with E-state index in [-0.39, 0.29) is 5.91 Å². The summed E-state index contributed by atoms with van der Waals surface area (Å²) in [5.74, 6) is 0.227. The van der Waals surface area contributed by atoms with Crippen molar-refractivity contribution in [1.29, 1.82) is 0 Å². The van der Waals surface area contributed by atoms with E-state index in [1.54, 1.807) is 18.2 Å². The molecule has 0 fully saturated rings. The molecule has 3 nitrogen and oxygen atoms in total. The van der Waals surface area contributed by atoms with Gasteiger partial charge in [0.25, 0.3) is 0 Å². The van der Waals surface area contributed by atoms with Crippen LogP contribution in [0, 0.1) is 0 Å². The number of amides is 1. The third-order valence-electron chi connectivity index (χ3n) is 2.17. The van der Waals surface area contributed by atoms with E-state index in [0.29, 0.717) is 35.6 Å². The fourth-order valence-electron chi connectivity index (χ4n) is 1.29. The zero-order valence-electron chi connectivity index (χ0n) is 11.2. The molecular formula is C14H17Cl2NO2S. The number of carbonyl (C=O) groups excluding carboxylic acids is 1. The topological polar surface area (TPSA) is 38.3 Å². The van der Waals surface area contributed by atoms with Gasteiger partial charge in [-0.1, -0.05) is 35.4 Å². The van der Waals surface area contributed by atoms with Crippen molar-refractivity contribution in [2.45, 2.75) is 11.8 Å². The van der Waals surface area contributed by atoms with Gasteiger partial charge in [-0.15, -0.1) is 11.8 Å². The first-order valence-electron chi connectivity index (χ1n) is 6.05. The Bertz CT molecular complexity index is 480. The average Bonchev–Trinajstić information content (AvgIpc) is 2.39. The molecule has 0 spiro atoms. The van der Waals surface area contributed by atoms with Gasteiger partial charge < -0.3 is 10.1 Å². The Balaban J connectivity index is 2.23. The number of hydrogen-bond donors (Lipinski definition) is 1. The Kier molecular flexibility index (Phi) is 8.07. The van der Waals surface area contributed by atoms with Crippen molar-refractivity contribution in [3.05, 3.63) is 40.4 Å². The normalized spacial score (nSPS) is 10.3. The summed E-state index contributed by atoms with van der Waals surface area (Å²) < 4.78 is 5.28. The zero-order valence-corrected chi connectivity index (χ0v) is 13.6. The van der Waals surface area contributed by atoms with Gasteiger partial charge in [0.2, 0.25) is 5.91 Å². The highest BCUT2D eigenvalue weighted by Gasteiger charge is 2.06. The van der Waals surface area contributed by atoms with Gasteiger partial charge in [-0.2, -0.15) is 0 Å². The largest absolute Gasteiger partial charge is 0.375 e. The minimum absolute atomic E-state index is 0.0648. The fourth-order valence-corrected chi connectivity index (χ4v) is 2.61. The van der Waals surface area contributed by atoms with Gasteiger partial charge in [-0.05, 0) is 25.1 Å². The molecule has 0 unspecified atom stereocenters. The SMILES string of the molecule is C=C(C)COCCNC(=O)CSc1cc(Cl)ccc1Cl. The maximum absolute atomic E-state index is 11.6. The smallest absolute Gasteiger partial charge is 0.230 e. The van der Waals surface area contributed by atoms with Crippen LogP contribution >= 0.6 is 35.0 Å². The molecule has 1 amide bonds. The van der Waals surface area contributed by atoms with E-state index in [1.165, 1.54) is 11.8 Å². The lowest BCUT2D eigenvalue weighted by atomic mass is 10.4. The average molecular weight is 334 g/mol. The van der Waals surface area contributed by atoms with E-state index in [4.69, 9.17) is 27.9 Å². The molecule has 0 saturated heterocycles. The van der Waals surface area contributed by atoms with Crippen LogP contribution < -0.4 is 5.32 Å². The summed E-state index contributed by atoms with van der Waals surface area (Å²) in [6.07, 6.45) is 0. The number of carbonyl (C=O) groups is 1. The lowest BCUT2D eigenvalue weighted by Gasteiger charge is -2.07. The predicted molar refractivity (Wildman–Crippen MR) is 85.8 cm³/mol. The molecule has 1 rings (SSSR count). The molecule has 0 saturated carbocycles. The number of ether oxygens (including phenoxy) is 1. The Morgan fingerprint density at radius 2 is 2.20 bits per heavy atom. The van der Waals surface area contributed by atoms with E-state index in [2.05, 4.69) is 11.9 Å². The van der Waals surface area contributed by atoms with Gasteiger partial charge in [0.05, 0.1) is 24.0 Å². The Hall–Kier alpha value is -0.680. The molecule has 0 aliphatic carbocycles. The molecule has 0 aliphatic heterocycles. The van der Waals surface area contributed by atoms with Gasteiger partial charge in [0.15, 0.2) is 0 Å². The summed E-state index contributed by atoms with van der Waals surface area (Å²) in [4.78, 5) is 12.4. The Labute approximate surface area is 133 Å². The van der Waals surface area contributed by atoms with Crippen LogP contribution in [-0.4, -0.2) is 31.4 Å². The fraction of sp³-hybridized carbons (Fsp3) is 0.357. The van der Waals surface area contributed by atoms with Crippen molar-refractivity contribution < 1.29 is 9.53 Å². The Morgan fingerprint density at radius 1 is 1.45 bits per heavy atom. The first kappa shape index (κ1) is 17.4. The predicted octanol–water partition coefficient (Wildman–Crippen LogP) is 3.79. The van der Waals surface area contributed by atoms with Crippen LogP contribution in [0.4, 0.5) is 0 Å². The van der Waals surface area contributed by atoms with Gasteiger partial charge in [0.1, 0.15) is 0 Å². The molecule has 20 heavy (non-hydrogen) atoms. The summed E-state index contributed by atoms with van der Waals surface area (Å²) in [5, 5.41) is 3.97. The molecule has 110 valence electrons. The minimum atomic E-state index is -0.0648. The van der Waals surface area contributed by atoms with Crippen molar-refractivity contribution in [2.24, 2.45) is 0 Å². The first-order valence-corrected chi connectivity index (χ1v) is 7.80. The number of nitrogens with one attached hydrogen (secondary N) is 1. The molecule has 1 aromatic rings. The van der Waals surface area contributed by atoms with Crippen molar-refractivity contribution in [3.8, 4) is 0 Å². The molecule has 1 N–H and O–H groups in total. The molecule has 6 heteroatoms. The second-order valence-corrected chi connectivity index (χ2v) is 6.08. The molecule has 0 atom stereocenters. The van der Waals surface area contributed by atoms with Crippen LogP contribution in [-0.2, 0) is 9.53 Å². The maximum Gasteiger partial charge on any atom is 0.230 e. The monoisotopic (exact) mass is 333 g/mol. The number of halogens is 2. The van der Waals surface area contributed by atoms with Crippen LogP contribution in [0.15, 0.2) is 35.2 Å². The third kappa shape index (κ3) is 7.20. The number of thioether (sulfide) groups is 1. The van der Waals surface area contributed by atoms with Crippen molar-refractivity contribution >= 4 is 40.9 Å². The van der Waals surface area contributed by atoms with Crippen molar-refractivity contribution in [3.63, 3.8) is 0 Å². The second-order valence-electron chi connectivity index (χ2n) is 4.22. The van der Waals surface area contributed by atoms with E-state index < -0.39 is 0 Å². The maximum atomic E-state index is 11.6. The van der Waals surface area contributed by atoms with Crippen LogP contribution in [0.1, 0.15) is 6.92 Å². The van der Waals surface area contributed by atoms with Gasteiger partial charge in [-0.25, -0.2) is 0 Å². The molecule has 0 aliphatic rings. The number of hydrogen-bond acceptors (Lipinski definition) is 3. The van der Waals surface area contributed by atoms with Crippen LogP contribution in [0.3, 0.4) is 0 Å². The summed E-state index contributed by atoms with van der Waals surface area (Å²) in [5.41, 5.74) is 0.961. The summed E-state index contributed by atoms with van der Waals surface area (Å²) in [7, 11) is 0. The third-order valence-corrected chi connectivity index (χ3v) is 3.90. The lowest BCUT2D eigenvalue weighted by molar-refractivity contribution is -0.118. The second kappa shape index (κ2) is 9.29. The zero-order chi connectivity index (χ0) is 15.0. The standard InChI is InChI=1S/C14H17Cl2NO2S/c1-10(2)8-19-6-5-17-14(18)9-20-13-7-11(15)3-4-12(13)16/h3-4,7H,1,5-6,8-9H2,2H3,(H,17,18). The first-order chi connectivity index (χ1) is 9.49. The van der Waals surface area contributed by atoms with Gasteiger partial charge >= 0.3 is 0 Å². The highest BCUT2D eigenvalue weighted by Crippen LogP contribution is 2.29. The van der Waals surface area contributed by atoms with E-state index >= 15 is 0 Å². The van der Waals surface area contributed by atoms with Crippen LogP contribution in [0.25, 0.3) is 0 Å².